The molecule has 1 unspecified atom stereocenters. The van der Waals surface area contributed by atoms with Crippen molar-refractivity contribution in [3.63, 3.8) is 0 Å². The molecule has 3 N–H and O–H groups in total. The van der Waals surface area contributed by atoms with Crippen LogP contribution in [-0.4, -0.2) is 26.4 Å². The predicted molar refractivity (Wildman–Crippen MR) is 96.7 cm³/mol. The van der Waals surface area contributed by atoms with Crippen molar-refractivity contribution in [1.29, 1.82) is 0 Å². The van der Waals surface area contributed by atoms with E-state index in [1.54, 1.807) is 21.1 Å². The number of nitrogens with zero attached hydrogens (tertiary/aromatic N) is 1. The summed E-state index contributed by atoms with van der Waals surface area (Å²) in [5, 5.41) is 2.96. The van der Waals surface area contributed by atoms with Gasteiger partial charge in [-0.25, -0.2) is 0 Å². The van der Waals surface area contributed by atoms with E-state index in [-0.39, 0.29) is 5.96 Å². The minimum Gasteiger partial charge on any atom is -0.380 e. The van der Waals surface area contributed by atoms with Crippen LogP contribution >= 0.6 is 0 Å². The first-order valence-corrected chi connectivity index (χ1v) is 7.68. The van der Waals surface area contributed by atoms with E-state index in [0.29, 0.717) is 6.61 Å². The topological polar surface area (TPSA) is 76.7 Å². The lowest BCUT2D eigenvalue weighted by Gasteiger charge is -2.26. The predicted octanol–water partition coefficient (Wildman–Crippen LogP) is 2.45. The Morgan fingerprint density at radius 2 is 1.92 bits per heavy atom. The molecule has 0 aliphatic heterocycles. The molecule has 2 aromatic rings. The van der Waals surface area contributed by atoms with Gasteiger partial charge in [0, 0.05) is 14.2 Å². The third-order valence-corrected chi connectivity index (χ3v) is 3.90. The zero-order valence-corrected chi connectivity index (χ0v) is 14.2. The van der Waals surface area contributed by atoms with Gasteiger partial charge in [0.2, 0.25) is 0 Å². The number of methoxy groups -OCH3 is 1. The van der Waals surface area contributed by atoms with Crippen molar-refractivity contribution in [2.45, 2.75) is 19.1 Å². The van der Waals surface area contributed by atoms with E-state index in [2.05, 4.69) is 16.4 Å². The first-order chi connectivity index (χ1) is 11.5. The summed E-state index contributed by atoms with van der Waals surface area (Å²) in [7, 11) is 3.25. The molecule has 5 heteroatoms. The molecule has 0 fully saturated rings. The van der Waals surface area contributed by atoms with Crippen molar-refractivity contribution >= 4 is 12.2 Å². The smallest absolute Gasteiger partial charge is 0.189 e. The zero-order valence-electron chi connectivity index (χ0n) is 14.2. The summed E-state index contributed by atoms with van der Waals surface area (Å²) in [6, 6.07) is 15.9. The van der Waals surface area contributed by atoms with Crippen molar-refractivity contribution in [1.82, 2.24) is 5.32 Å². The van der Waals surface area contributed by atoms with Gasteiger partial charge in [0.15, 0.2) is 5.96 Å². The Bertz CT molecular complexity index is 743. The maximum absolute atomic E-state index is 11.7. The zero-order chi connectivity index (χ0) is 17.6. The van der Waals surface area contributed by atoms with Gasteiger partial charge in [-0.05, 0) is 41.3 Å². The molecule has 0 heterocycles. The van der Waals surface area contributed by atoms with E-state index >= 15 is 0 Å². The molecule has 5 nitrogen and oxygen atoms in total. The first-order valence-electron chi connectivity index (χ1n) is 7.68. The number of aldehydes is 1. The number of nitrogens with one attached hydrogen (secondary N) is 1. The number of rotatable bonds is 6. The van der Waals surface area contributed by atoms with Crippen LogP contribution in [0, 0.1) is 0 Å². The Morgan fingerprint density at radius 1 is 1.25 bits per heavy atom. The van der Waals surface area contributed by atoms with Gasteiger partial charge in [0.1, 0.15) is 11.8 Å². The fourth-order valence-corrected chi connectivity index (χ4v) is 2.52. The Balaban J connectivity index is 2.41. The Morgan fingerprint density at radius 3 is 2.54 bits per heavy atom. The Labute approximate surface area is 142 Å². The summed E-state index contributed by atoms with van der Waals surface area (Å²) in [5.41, 5.74) is 8.80. The Hall–Kier alpha value is -2.66. The van der Waals surface area contributed by atoms with Gasteiger partial charge in [0.05, 0.1) is 6.61 Å². The molecule has 0 aromatic heterocycles. The van der Waals surface area contributed by atoms with E-state index < -0.39 is 5.54 Å². The standard InChI is InChI=1S/C19H23N3O2/c1-19(13-23,22-18(20)21-2)17-9-5-8-16(11-17)15-7-4-6-14(10-15)12-24-3/h4-11,13H,12H2,1-3H3,(H3,20,21,22). The largest absolute Gasteiger partial charge is 0.380 e. The van der Waals surface area contributed by atoms with Crippen LogP contribution in [0.5, 0.6) is 0 Å². The highest BCUT2D eigenvalue weighted by Crippen LogP contribution is 2.26. The average Bonchev–Trinajstić information content (AvgIpc) is 2.62. The highest BCUT2D eigenvalue weighted by molar-refractivity contribution is 5.84. The molecule has 0 spiro atoms. The third-order valence-electron chi connectivity index (χ3n) is 3.90. The van der Waals surface area contributed by atoms with Crippen LogP contribution in [0.15, 0.2) is 53.5 Å². The summed E-state index contributed by atoms with van der Waals surface area (Å²) < 4.78 is 5.19. The number of hydrogen-bond acceptors (Lipinski definition) is 3. The van der Waals surface area contributed by atoms with Gasteiger partial charge in [-0.1, -0.05) is 36.4 Å². The first kappa shape index (κ1) is 17.7. The molecular weight excluding hydrogens is 302 g/mol. The molecule has 0 aliphatic rings. The monoisotopic (exact) mass is 325 g/mol. The fourth-order valence-electron chi connectivity index (χ4n) is 2.52. The highest BCUT2D eigenvalue weighted by Gasteiger charge is 2.26. The average molecular weight is 325 g/mol. The molecule has 2 aromatic carbocycles. The van der Waals surface area contributed by atoms with Crippen molar-refractivity contribution in [2.75, 3.05) is 14.2 Å². The van der Waals surface area contributed by atoms with Gasteiger partial charge in [-0.2, -0.15) is 0 Å². The molecule has 0 saturated carbocycles. The van der Waals surface area contributed by atoms with E-state index in [9.17, 15) is 4.79 Å². The lowest BCUT2D eigenvalue weighted by Crippen LogP contribution is -2.48. The van der Waals surface area contributed by atoms with Crippen molar-refractivity contribution < 1.29 is 9.53 Å². The molecule has 1 atom stereocenters. The molecule has 0 aliphatic carbocycles. The molecule has 24 heavy (non-hydrogen) atoms. The van der Waals surface area contributed by atoms with E-state index in [1.807, 2.05) is 42.5 Å². The SMILES string of the molecule is CN=C(N)NC(C)(C=O)c1cccc(-c2cccc(COC)c2)c1. The second kappa shape index (κ2) is 7.75. The van der Waals surface area contributed by atoms with Crippen LogP contribution in [0.3, 0.4) is 0 Å². The summed E-state index contributed by atoms with van der Waals surface area (Å²) >= 11 is 0. The van der Waals surface area contributed by atoms with Crippen LogP contribution in [0.25, 0.3) is 11.1 Å². The van der Waals surface area contributed by atoms with Gasteiger partial charge in [0.25, 0.3) is 0 Å². The number of carbonyl (C=O) groups is 1. The minimum absolute atomic E-state index is 0.220. The molecule has 0 amide bonds. The van der Waals surface area contributed by atoms with Gasteiger partial charge in [-0.3, -0.25) is 4.99 Å². The molecule has 126 valence electrons. The number of hydrogen-bond donors (Lipinski definition) is 2. The summed E-state index contributed by atoms with van der Waals surface area (Å²) in [6.45, 7) is 2.34. The molecule has 2 rings (SSSR count). The van der Waals surface area contributed by atoms with E-state index in [1.165, 1.54) is 0 Å². The second-order valence-corrected chi connectivity index (χ2v) is 5.77. The second-order valence-electron chi connectivity index (χ2n) is 5.77. The summed E-state index contributed by atoms with van der Waals surface area (Å²) in [6.07, 6.45) is 0.839. The molecule has 0 radical (unpaired) electrons. The lowest BCUT2D eigenvalue weighted by atomic mass is 9.90. The van der Waals surface area contributed by atoms with Crippen LogP contribution in [0.2, 0.25) is 0 Å². The van der Waals surface area contributed by atoms with Gasteiger partial charge >= 0.3 is 0 Å². The normalized spacial score (nSPS) is 14.0. The van der Waals surface area contributed by atoms with E-state index in [4.69, 9.17) is 10.5 Å². The number of ether oxygens (including phenoxy) is 1. The maximum atomic E-state index is 11.7. The van der Waals surface area contributed by atoms with Crippen LogP contribution in [-0.2, 0) is 21.7 Å². The van der Waals surface area contributed by atoms with Crippen LogP contribution < -0.4 is 11.1 Å². The molecule has 0 saturated heterocycles. The number of benzene rings is 2. The van der Waals surface area contributed by atoms with Crippen molar-refractivity contribution in [3.05, 3.63) is 59.7 Å². The highest BCUT2D eigenvalue weighted by atomic mass is 16.5. The van der Waals surface area contributed by atoms with Crippen molar-refractivity contribution in [2.24, 2.45) is 10.7 Å². The number of guanidine groups is 1. The van der Waals surface area contributed by atoms with Gasteiger partial charge in [-0.15, -0.1) is 0 Å². The molecule has 0 bridgehead atoms. The third kappa shape index (κ3) is 4.00. The quantitative estimate of drug-likeness (QED) is 0.486. The fraction of sp³-hybridized carbons (Fsp3) is 0.263. The maximum Gasteiger partial charge on any atom is 0.189 e. The molecular formula is C19H23N3O2. The Kier molecular flexibility index (Phi) is 5.71. The summed E-state index contributed by atoms with van der Waals surface area (Å²) in [4.78, 5) is 15.5. The number of nitrogens with two attached hydrogens (primary N) is 1. The number of carbonyl (C=O) groups excluding carboxylic acids is 1. The van der Waals surface area contributed by atoms with Crippen molar-refractivity contribution in [3.8, 4) is 11.1 Å². The lowest BCUT2D eigenvalue weighted by molar-refractivity contribution is -0.112. The van der Waals surface area contributed by atoms with Gasteiger partial charge < -0.3 is 20.6 Å². The van der Waals surface area contributed by atoms with E-state index in [0.717, 1.165) is 28.5 Å². The number of aliphatic imine (C=N–C) groups is 1. The summed E-state index contributed by atoms with van der Waals surface area (Å²) in [5.74, 6) is 0.220. The minimum atomic E-state index is -0.941. The van der Waals surface area contributed by atoms with Crippen LogP contribution in [0.4, 0.5) is 0 Å². The van der Waals surface area contributed by atoms with Crippen LogP contribution in [0.1, 0.15) is 18.1 Å².